The van der Waals surface area contributed by atoms with E-state index >= 15 is 0 Å². The van der Waals surface area contributed by atoms with Crippen molar-refractivity contribution in [2.45, 2.75) is 26.4 Å². The van der Waals surface area contributed by atoms with Crippen molar-refractivity contribution in [2.75, 3.05) is 26.2 Å². The summed E-state index contributed by atoms with van der Waals surface area (Å²) < 4.78 is 6.18. The highest BCUT2D eigenvalue weighted by Crippen LogP contribution is 2.18. The molecule has 28 heavy (non-hydrogen) atoms. The highest BCUT2D eigenvalue weighted by atomic mass is 16.6. The van der Waals surface area contributed by atoms with Gasteiger partial charge < -0.3 is 19.7 Å². The van der Waals surface area contributed by atoms with Crippen LogP contribution in [0, 0.1) is 5.21 Å². The zero-order valence-corrected chi connectivity index (χ0v) is 16.4. The molecule has 1 fully saturated rings. The molecule has 1 aromatic carbocycles. The van der Waals surface area contributed by atoms with Gasteiger partial charge in [-0.2, -0.15) is 4.73 Å². The van der Waals surface area contributed by atoms with Gasteiger partial charge in [0.1, 0.15) is 5.60 Å². The van der Waals surface area contributed by atoms with Crippen LogP contribution in [0.4, 0.5) is 4.79 Å². The van der Waals surface area contributed by atoms with Crippen LogP contribution in [-0.4, -0.2) is 53.6 Å². The number of hydrogen-bond acceptors (Lipinski definition) is 4. The van der Waals surface area contributed by atoms with Crippen LogP contribution in [0.5, 0.6) is 0 Å². The van der Waals surface area contributed by atoms with Gasteiger partial charge in [-0.1, -0.05) is 0 Å². The van der Waals surface area contributed by atoms with E-state index in [2.05, 4.69) is 0 Å². The zero-order chi connectivity index (χ0) is 20.3. The number of aromatic nitrogens is 1. The van der Waals surface area contributed by atoms with E-state index in [1.165, 1.54) is 6.20 Å². The van der Waals surface area contributed by atoms with Crippen molar-refractivity contribution in [3.05, 3.63) is 59.4 Å². The number of ether oxygens (including phenoxy) is 1. The molecule has 2 amide bonds. The van der Waals surface area contributed by atoms with Crippen molar-refractivity contribution in [1.82, 2.24) is 9.80 Å². The average molecular weight is 383 g/mol. The molecule has 1 aromatic heterocycles. The Balaban J connectivity index is 1.61. The molecule has 1 saturated heterocycles. The molecular weight excluding hydrogens is 358 g/mol. The summed E-state index contributed by atoms with van der Waals surface area (Å²) in [5, 5.41) is 11.9. The average Bonchev–Trinajstić information content (AvgIpc) is 2.67. The Hall–Kier alpha value is -3.09. The number of carbonyl (C=O) groups excluding carboxylic acids is 2. The largest absolute Gasteiger partial charge is 0.618 e. The Kier molecular flexibility index (Phi) is 5.53. The van der Waals surface area contributed by atoms with E-state index in [0.717, 1.165) is 10.3 Å². The summed E-state index contributed by atoms with van der Waals surface area (Å²) in [6, 6.07) is 12.2. The van der Waals surface area contributed by atoms with Crippen LogP contribution in [0.1, 0.15) is 31.1 Å². The van der Waals surface area contributed by atoms with Gasteiger partial charge in [0.15, 0.2) is 6.20 Å². The van der Waals surface area contributed by atoms with Gasteiger partial charge in [0.05, 0.1) is 0 Å². The molecule has 7 heteroatoms. The molecule has 0 unspecified atom stereocenters. The molecule has 7 nitrogen and oxygen atoms in total. The van der Waals surface area contributed by atoms with Gasteiger partial charge in [-0.15, -0.1) is 0 Å². The van der Waals surface area contributed by atoms with Crippen molar-refractivity contribution < 1.29 is 19.1 Å². The van der Waals surface area contributed by atoms with Crippen molar-refractivity contribution in [3.8, 4) is 11.3 Å². The summed E-state index contributed by atoms with van der Waals surface area (Å²) in [6.45, 7) is 7.30. The first-order chi connectivity index (χ1) is 13.2. The summed E-state index contributed by atoms with van der Waals surface area (Å²) in [5.41, 5.74) is 1.31. The predicted octanol–water partition coefficient (Wildman–Crippen LogP) is 2.68. The highest BCUT2D eigenvalue weighted by molar-refractivity contribution is 5.94. The summed E-state index contributed by atoms with van der Waals surface area (Å²) in [4.78, 5) is 28.2. The van der Waals surface area contributed by atoms with E-state index in [1.807, 2.05) is 20.8 Å². The molecule has 2 aromatic rings. The number of carbonyl (C=O) groups is 2. The Morgan fingerprint density at radius 3 is 2.14 bits per heavy atom. The lowest BCUT2D eigenvalue weighted by molar-refractivity contribution is -0.593. The maximum Gasteiger partial charge on any atom is 0.410 e. The van der Waals surface area contributed by atoms with Crippen LogP contribution >= 0.6 is 0 Å². The maximum absolute atomic E-state index is 12.7. The lowest BCUT2D eigenvalue weighted by atomic mass is 10.1. The van der Waals surface area contributed by atoms with Crippen LogP contribution in [-0.2, 0) is 4.74 Å². The third-order valence-electron chi connectivity index (χ3n) is 4.47. The normalized spacial score (nSPS) is 14.7. The van der Waals surface area contributed by atoms with Gasteiger partial charge in [0, 0.05) is 49.4 Å². The molecule has 148 valence electrons. The smallest absolute Gasteiger partial charge is 0.410 e. The van der Waals surface area contributed by atoms with Gasteiger partial charge in [-0.25, -0.2) is 4.79 Å². The standard InChI is InChI=1S/C21H25N3O4/c1-21(2,3)28-20(26)23-14-12-22(13-15-23)19(25)17-9-7-16(8-10-17)18-6-4-5-11-24(18)27/h4-11H,12-15H2,1-3H3. The number of amides is 2. The molecule has 1 aliphatic rings. The van der Waals surface area contributed by atoms with Gasteiger partial charge in [0.2, 0.25) is 5.69 Å². The van der Waals surface area contributed by atoms with Crippen LogP contribution < -0.4 is 4.73 Å². The molecule has 1 aliphatic heterocycles. The van der Waals surface area contributed by atoms with E-state index in [-0.39, 0.29) is 12.0 Å². The predicted molar refractivity (Wildman–Crippen MR) is 105 cm³/mol. The number of piperazine rings is 1. The first kappa shape index (κ1) is 19.7. The Morgan fingerprint density at radius 2 is 1.57 bits per heavy atom. The van der Waals surface area contributed by atoms with Gasteiger partial charge in [0.25, 0.3) is 5.91 Å². The van der Waals surface area contributed by atoms with Crippen LogP contribution in [0.3, 0.4) is 0 Å². The van der Waals surface area contributed by atoms with Crippen molar-refractivity contribution >= 4 is 12.0 Å². The fourth-order valence-electron chi connectivity index (χ4n) is 3.04. The first-order valence-electron chi connectivity index (χ1n) is 9.30. The van der Waals surface area contributed by atoms with E-state index in [1.54, 1.807) is 52.3 Å². The second kappa shape index (κ2) is 7.88. The summed E-state index contributed by atoms with van der Waals surface area (Å²) >= 11 is 0. The summed E-state index contributed by atoms with van der Waals surface area (Å²) in [7, 11) is 0. The lowest BCUT2D eigenvalue weighted by Crippen LogP contribution is -2.51. The molecule has 2 heterocycles. The Morgan fingerprint density at radius 1 is 0.964 bits per heavy atom. The minimum absolute atomic E-state index is 0.0848. The van der Waals surface area contributed by atoms with Crippen molar-refractivity contribution in [2.24, 2.45) is 0 Å². The third kappa shape index (κ3) is 4.60. The minimum atomic E-state index is -0.535. The number of nitrogens with zero attached hydrogens (tertiary/aromatic N) is 3. The SMILES string of the molecule is CC(C)(C)OC(=O)N1CCN(C(=O)c2ccc(-c3cccc[n+]3[O-])cc2)CC1. The van der Waals surface area contributed by atoms with E-state index < -0.39 is 5.60 Å². The highest BCUT2D eigenvalue weighted by Gasteiger charge is 2.28. The quantitative estimate of drug-likeness (QED) is 0.590. The van der Waals surface area contributed by atoms with Gasteiger partial charge in [-0.05, 0) is 51.1 Å². The fraction of sp³-hybridized carbons (Fsp3) is 0.381. The minimum Gasteiger partial charge on any atom is -0.618 e. The van der Waals surface area contributed by atoms with Crippen molar-refractivity contribution in [3.63, 3.8) is 0 Å². The number of pyridine rings is 1. The molecule has 0 atom stereocenters. The monoisotopic (exact) mass is 383 g/mol. The number of benzene rings is 1. The maximum atomic E-state index is 12.7. The number of hydrogen-bond donors (Lipinski definition) is 0. The van der Waals surface area contributed by atoms with E-state index in [4.69, 9.17) is 4.74 Å². The molecule has 0 aliphatic carbocycles. The summed E-state index contributed by atoms with van der Waals surface area (Å²) in [6.07, 6.45) is 1.09. The molecule has 0 radical (unpaired) electrons. The second-order valence-electron chi connectivity index (χ2n) is 7.75. The van der Waals surface area contributed by atoms with Crippen LogP contribution in [0.15, 0.2) is 48.7 Å². The van der Waals surface area contributed by atoms with Crippen LogP contribution in [0.2, 0.25) is 0 Å². The molecule has 0 spiro atoms. The van der Waals surface area contributed by atoms with Crippen molar-refractivity contribution in [1.29, 1.82) is 0 Å². The number of rotatable bonds is 2. The third-order valence-corrected chi connectivity index (χ3v) is 4.47. The summed E-state index contributed by atoms with van der Waals surface area (Å²) in [5.74, 6) is -0.0848. The first-order valence-corrected chi connectivity index (χ1v) is 9.30. The fourth-order valence-corrected chi connectivity index (χ4v) is 3.04. The molecule has 0 N–H and O–H groups in total. The van der Waals surface area contributed by atoms with E-state index in [0.29, 0.717) is 37.4 Å². The van der Waals surface area contributed by atoms with Gasteiger partial charge in [-0.3, -0.25) is 4.79 Å². The Bertz CT molecular complexity index is 851. The second-order valence-corrected chi connectivity index (χ2v) is 7.75. The molecular formula is C21H25N3O4. The van der Waals surface area contributed by atoms with Gasteiger partial charge >= 0.3 is 6.09 Å². The molecule has 0 saturated carbocycles. The topological polar surface area (TPSA) is 76.8 Å². The van der Waals surface area contributed by atoms with Crippen LogP contribution in [0.25, 0.3) is 11.3 Å². The molecule has 0 bridgehead atoms. The lowest BCUT2D eigenvalue weighted by Gasteiger charge is -2.35. The Labute approximate surface area is 164 Å². The van der Waals surface area contributed by atoms with E-state index in [9.17, 15) is 14.8 Å². The molecule has 3 rings (SSSR count). The zero-order valence-electron chi connectivity index (χ0n) is 16.4.